The van der Waals surface area contributed by atoms with E-state index in [1.165, 1.54) is 25.2 Å². The third kappa shape index (κ3) is 4.25. The summed E-state index contributed by atoms with van der Waals surface area (Å²) in [5.41, 5.74) is 9.50. The minimum atomic E-state index is -0.536. The van der Waals surface area contributed by atoms with Crippen LogP contribution in [0.15, 0.2) is 42.9 Å². The van der Waals surface area contributed by atoms with Crippen LogP contribution >= 0.6 is 0 Å². The van der Waals surface area contributed by atoms with Crippen LogP contribution in [0.4, 0.5) is 10.2 Å². The van der Waals surface area contributed by atoms with E-state index in [0.717, 1.165) is 36.3 Å². The standard InChI is InChI=1S/C26H29FN6O/c1-2-22-24(18-7-9-23(28)29-14-18)25(31-16-30-22)17-6-8-20(21(27)13-17)26(34)33-12-11-32-10-4-3-5-19(32)15-33/h6-9,13-14,16,19H,2-5,10-12,15H2,1H3,(H2,28,29)/t19-/m1/s1. The van der Waals surface area contributed by atoms with Crippen molar-refractivity contribution in [3.8, 4) is 22.4 Å². The average molecular weight is 461 g/mol. The van der Waals surface area contributed by atoms with Gasteiger partial charge in [0.25, 0.3) is 5.91 Å². The Balaban J connectivity index is 1.45. The number of piperidine rings is 1. The van der Waals surface area contributed by atoms with Gasteiger partial charge in [-0.3, -0.25) is 9.69 Å². The molecule has 2 aliphatic heterocycles. The van der Waals surface area contributed by atoms with Crippen molar-refractivity contribution in [2.24, 2.45) is 0 Å². The lowest BCUT2D eigenvalue weighted by atomic mass is 9.96. The average Bonchev–Trinajstić information content (AvgIpc) is 2.88. The molecule has 0 saturated carbocycles. The molecule has 1 aromatic carbocycles. The summed E-state index contributed by atoms with van der Waals surface area (Å²) in [7, 11) is 0. The van der Waals surface area contributed by atoms with Crippen LogP contribution in [0.3, 0.4) is 0 Å². The summed E-state index contributed by atoms with van der Waals surface area (Å²) in [6.07, 6.45) is 7.36. The summed E-state index contributed by atoms with van der Waals surface area (Å²) in [5, 5.41) is 0. The second-order valence-corrected chi connectivity index (χ2v) is 9.00. The van der Waals surface area contributed by atoms with E-state index in [1.807, 2.05) is 13.0 Å². The first-order valence-electron chi connectivity index (χ1n) is 11.9. The van der Waals surface area contributed by atoms with Crippen molar-refractivity contribution in [3.05, 3.63) is 59.9 Å². The van der Waals surface area contributed by atoms with Crippen LogP contribution < -0.4 is 5.73 Å². The van der Waals surface area contributed by atoms with Gasteiger partial charge in [-0.15, -0.1) is 0 Å². The van der Waals surface area contributed by atoms with Crippen molar-refractivity contribution in [1.29, 1.82) is 0 Å². The van der Waals surface area contributed by atoms with Crippen molar-refractivity contribution in [2.75, 3.05) is 31.9 Å². The first-order valence-corrected chi connectivity index (χ1v) is 11.9. The first kappa shape index (κ1) is 22.4. The molecule has 0 aliphatic carbocycles. The third-order valence-electron chi connectivity index (χ3n) is 6.93. The fourth-order valence-corrected chi connectivity index (χ4v) is 5.11. The molecule has 3 aromatic rings. The number of nitrogens with two attached hydrogens (primary N) is 1. The van der Waals surface area contributed by atoms with Gasteiger partial charge in [-0.2, -0.15) is 0 Å². The highest BCUT2D eigenvalue weighted by Gasteiger charge is 2.32. The smallest absolute Gasteiger partial charge is 0.256 e. The molecule has 0 unspecified atom stereocenters. The summed E-state index contributed by atoms with van der Waals surface area (Å²) in [6.45, 7) is 5.27. The van der Waals surface area contributed by atoms with E-state index < -0.39 is 5.82 Å². The second-order valence-electron chi connectivity index (χ2n) is 9.00. The molecule has 1 amide bonds. The number of carbonyl (C=O) groups excluding carboxylic acids is 1. The number of aromatic nitrogens is 3. The molecule has 0 radical (unpaired) electrons. The summed E-state index contributed by atoms with van der Waals surface area (Å²) in [6, 6.07) is 8.73. The fourth-order valence-electron chi connectivity index (χ4n) is 5.11. The SMILES string of the molecule is CCc1ncnc(-c2ccc(C(=O)N3CCN4CCCC[C@@H]4C3)c(F)c2)c1-c1ccc(N)nc1. The predicted octanol–water partition coefficient (Wildman–Crippen LogP) is 3.80. The largest absolute Gasteiger partial charge is 0.384 e. The minimum absolute atomic E-state index is 0.105. The highest BCUT2D eigenvalue weighted by molar-refractivity contribution is 5.95. The van der Waals surface area contributed by atoms with Crippen LogP contribution in [0.25, 0.3) is 22.4 Å². The summed E-state index contributed by atoms with van der Waals surface area (Å²) < 4.78 is 15.3. The van der Waals surface area contributed by atoms with E-state index in [0.29, 0.717) is 42.6 Å². The number of carbonyl (C=O) groups is 1. The number of nitrogen functional groups attached to an aromatic ring is 1. The zero-order chi connectivity index (χ0) is 23.7. The topological polar surface area (TPSA) is 88.2 Å². The van der Waals surface area contributed by atoms with Crippen LogP contribution in [0.5, 0.6) is 0 Å². The molecule has 2 fully saturated rings. The highest BCUT2D eigenvalue weighted by atomic mass is 19.1. The Hall–Kier alpha value is -3.39. The third-order valence-corrected chi connectivity index (χ3v) is 6.93. The molecule has 1 atom stereocenters. The second kappa shape index (κ2) is 9.46. The first-order chi connectivity index (χ1) is 16.5. The predicted molar refractivity (Wildman–Crippen MR) is 130 cm³/mol. The maximum atomic E-state index is 15.3. The number of nitrogens with zero attached hydrogens (tertiary/aromatic N) is 5. The van der Waals surface area contributed by atoms with E-state index in [2.05, 4.69) is 19.9 Å². The zero-order valence-corrected chi connectivity index (χ0v) is 19.4. The van der Waals surface area contributed by atoms with Gasteiger partial charge in [-0.1, -0.05) is 19.4 Å². The molecule has 176 valence electrons. The number of benzene rings is 1. The number of hydrogen-bond donors (Lipinski definition) is 1. The summed E-state index contributed by atoms with van der Waals surface area (Å²) >= 11 is 0. The van der Waals surface area contributed by atoms with Gasteiger partial charge >= 0.3 is 0 Å². The highest BCUT2D eigenvalue weighted by Crippen LogP contribution is 2.33. The number of rotatable bonds is 4. The van der Waals surface area contributed by atoms with Gasteiger partial charge in [0, 0.05) is 48.6 Å². The Morgan fingerprint density at radius 3 is 2.71 bits per heavy atom. The summed E-state index contributed by atoms with van der Waals surface area (Å²) in [5.74, 6) is -0.357. The molecule has 0 bridgehead atoms. The van der Waals surface area contributed by atoms with Crippen molar-refractivity contribution >= 4 is 11.7 Å². The molecule has 2 saturated heterocycles. The molecule has 0 spiro atoms. The van der Waals surface area contributed by atoms with Gasteiger partial charge in [-0.05, 0) is 50.1 Å². The zero-order valence-electron chi connectivity index (χ0n) is 19.4. The van der Waals surface area contributed by atoms with Crippen LogP contribution in [0, 0.1) is 5.82 Å². The lowest BCUT2D eigenvalue weighted by Gasteiger charge is -2.44. The maximum absolute atomic E-state index is 15.3. The Morgan fingerprint density at radius 2 is 1.94 bits per heavy atom. The molecule has 2 aliphatic rings. The van der Waals surface area contributed by atoms with Crippen LogP contribution in [-0.4, -0.2) is 62.9 Å². The molecule has 7 nitrogen and oxygen atoms in total. The van der Waals surface area contributed by atoms with Crippen molar-refractivity contribution < 1.29 is 9.18 Å². The lowest BCUT2D eigenvalue weighted by Crippen LogP contribution is -2.56. The van der Waals surface area contributed by atoms with E-state index in [4.69, 9.17) is 5.73 Å². The van der Waals surface area contributed by atoms with Crippen molar-refractivity contribution in [1.82, 2.24) is 24.8 Å². The number of anilines is 1. The molecule has 5 rings (SSSR count). The summed E-state index contributed by atoms with van der Waals surface area (Å²) in [4.78, 5) is 30.5. The Kier molecular flexibility index (Phi) is 6.24. The Bertz CT molecular complexity index is 1200. The molecule has 4 heterocycles. The molecule has 2 N–H and O–H groups in total. The van der Waals surface area contributed by atoms with Gasteiger partial charge in [0.15, 0.2) is 0 Å². The molecule has 34 heavy (non-hydrogen) atoms. The number of halogens is 1. The van der Waals surface area contributed by atoms with E-state index in [9.17, 15) is 4.79 Å². The van der Waals surface area contributed by atoms with E-state index in [-0.39, 0.29) is 11.5 Å². The Labute approximate surface area is 198 Å². The number of piperazine rings is 1. The van der Waals surface area contributed by atoms with Gasteiger partial charge in [-0.25, -0.2) is 19.3 Å². The van der Waals surface area contributed by atoms with E-state index >= 15 is 4.39 Å². The monoisotopic (exact) mass is 460 g/mol. The lowest BCUT2D eigenvalue weighted by molar-refractivity contribution is 0.0369. The van der Waals surface area contributed by atoms with Crippen LogP contribution in [0.1, 0.15) is 42.2 Å². The van der Waals surface area contributed by atoms with Gasteiger partial charge in [0.1, 0.15) is 18.0 Å². The maximum Gasteiger partial charge on any atom is 0.256 e. The fraction of sp³-hybridized carbons (Fsp3) is 0.385. The number of pyridine rings is 1. The minimum Gasteiger partial charge on any atom is -0.384 e. The van der Waals surface area contributed by atoms with E-state index in [1.54, 1.807) is 29.3 Å². The molecule has 2 aromatic heterocycles. The molecular weight excluding hydrogens is 431 g/mol. The number of amides is 1. The Morgan fingerprint density at radius 1 is 1.09 bits per heavy atom. The molecule has 8 heteroatoms. The molecular formula is C26H29FN6O. The van der Waals surface area contributed by atoms with Crippen LogP contribution in [-0.2, 0) is 6.42 Å². The van der Waals surface area contributed by atoms with Gasteiger partial charge < -0.3 is 10.6 Å². The quantitative estimate of drug-likeness (QED) is 0.637. The van der Waals surface area contributed by atoms with Crippen molar-refractivity contribution in [3.63, 3.8) is 0 Å². The van der Waals surface area contributed by atoms with Crippen molar-refractivity contribution in [2.45, 2.75) is 38.6 Å². The van der Waals surface area contributed by atoms with Gasteiger partial charge in [0.2, 0.25) is 0 Å². The van der Waals surface area contributed by atoms with Gasteiger partial charge in [0.05, 0.1) is 17.0 Å². The number of aryl methyl sites for hydroxylation is 1. The number of fused-ring (bicyclic) bond motifs is 1. The number of hydrogen-bond acceptors (Lipinski definition) is 6. The van der Waals surface area contributed by atoms with Crippen LogP contribution in [0.2, 0.25) is 0 Å². The normalized spacial score (nSPS) is 18.5.